The molecule has 3 heteroatoms. The highest BCUT2D eigenvalue weighted by molar-refractivity contribution is 5.63. The molecule has 0 aliphatic carbocycles. The summed E-state index contributed by atoms with van der Waals surface area (Å²) in [5, 5.41) is 11.6. The summed E-state index contributed by atoms with van der Waals surface area (Å²) in [6.45, 7) is 3.39. The fourth-order valence-corrected chi connectivity index (χ4v) is 0.738. The van der Waals surface area contributed by atoms with E-state index in [2.05, 4.69) is 11.8 Å². The van der Waals surface area contributed by atoms with Crippen LogP contribution >= 0.6 is 0 Å². The summed E-state index contributed by atoms with van der Waals surface area (Å²) in [5.74, 6) is 0.104. The van der Waals surface area contributed by atoms with Crippen molar-refractivity contribution in [2.75, 3.05) is 0 Å². The first kappa shape index (κ1) is 7.47. The van der Waals surface area contributed by atoms with Gasteiger partial charge in [0.25, 0.3) is 0 Å². The molecule has 0 spiro atoms. The van der Waals surface area contributed by atoms with Crippen LogP contribution in [0.1, 0.15) is 5.56 Å². The van der Waals surface area contributed by atoms with Crippen molar-refractivity contribution in [3.63, 3.8) is 0 Å². The predicted octanol–water partition coefficient (Wildman–Crippen LogP) is 2.13. The summed E-state index contributed by atoms with van der Waals surface area (Å²) >= 11 is 0. The first-order chi connectivity index (χ1) is 5.24. The van der Waals surface area contributed by atoms with Gasteiger partial charge >= 0.3 is 0 Å². The van der Waals surface area contributed by atoms with E-state index in [4.69, 9.17) is 5.11 Å². The minimum absolute atomic E-state index is 0.104. The van der Waals surface area contributed by atoms with Crippen LogP contribution in [0.25, 0.3) is 5.70 Å². The van der Waals surface area contributed by atoms with Crippen LogP contribution in [0.3, 0.4) is 0 Å². The standard InChI is InChI=1S/C8H7NO2/c1-6(9-11)7-3-2-4-8(10)5-7/h2-5,10H,1H2. The molecular weight excluding hydrogens is 142 g/mol. The molecule has 1 rings (SSSR count). The molecule has 0 aliphatic heterocycles. The zero-order valence-corrected chi connectivity index (χ0v) is 5.82. The fourth-order valence-electron chi connectivity index (χ4n) is 0.738. The lowest BCUT2D eigenvalue weighted by Crippen LogP contribution is -1.76. The van der Waals surface area contributed by atoms with E-state index in [-0.39, 0.29) is 11.4 Å². The molecule has 0 radical (unpaired) electrons. The zero-order valence-electron chi connectivity index (χ0n) is 5.82. The Hall–Kier alpha value is -1.64. The Kier molecular flexibility index (Phi) is 2.01. The first-order valence-corrected chi connectivity index (χ1v) is 3.05. The summed E-state index contributed by atoms with van der Waals surface area (Å²) < 4.78 is 0. The van der Waals surface area contributed by atoms with Gasteiger partial charge in [0.15, 0.2) is 0 Å². The van der Waals surface area contributed by atoms with Gasteiger partial charge in [-0.15, -0.1) is 4.91 Å². The number of hydrogen-bond acceptors (Lipinski definition) is 3. The maximum atomic E-state index is 9.99. The topological polar surface area (TPSA) is 49.7 Å². The normalized spacial score (nSPS) is 9.09. The Labute approximate surface area is 64.0 Å². The van der Waals surface area contributed by atoms with Crippen LogP contribution in [0.5, 0.6) is 5.75 Å². The van der Waals surface area contributed by atoms with E-state index in [0.29, 0.717) is 5.56 Å². The lowest BCUT2D eigenvalue weighted by Gasteiger charge is -1.95. The number of benzene rings is 1. The Bertz CT molecular complexity index is 294. The number of phenols is 1. The van der Waals surface area contributed by atoms with E-state index in [9.17, 15) is 4.91 Å². The summed E-state index contributed by atoms with van der Waals surface area (Å²) in [4.78, 5) is 9.99. The summed E-state index contributed by atoms with van der Waals surface area (Å²) in [5.41, 5.74) is 0.668. The van der Waals surface area contributed by atoms with E-state index in [1.54, 1.807) is 12.1 Å². The third kappa shape index (κ3) is 1.64. The van der Waals surface area contributed by atoms with Crippen LogP contribution in [-0.2, 0) is 0 Å². The maximum absolute atomic E-state index is 9.99. The van der Waals surface area contributed by atoms with Gasteiger partial charge in [-0.05, 0) is 17.3 Å². The zero-order chi connectivity index (χ0) is 8.27. The van der Waals surface area contributed by atoms with E-state index in [0.717, 1.165) is 0 Å². The van der Waals surface area contributed by atoms with Crippen LogP contribution in [0.2, 0.25) is 0 Å². The minimum atomic E-state index is 0.104. The largest absolute Gasteiger partial charge is 0.508 e. The third-order valence-corrected chi connectivity index (χ3v) is 1.29. The van der Waals surface area contributed by atoms with E-state index < -0.39 is 0 Å². The molecule has 0 saturated carbocycles. The average Bonchev–Trinajstić information content (AvgIpc) is 2.03. The molecule has 0 atom stereocenters. The molecule has 0 bridgehead atoms. The lowest BCUT2D eigenvalue weighted by atomic mass is 10.2. The van der Waals surface area contributed by atoms with E-state index in [1.807, 2.05) is 0 Å². The van der Waals surface area contributed by atoms with Gasteiger partial charge < -0.3 is 5.11 Å². The van der Waals surface area contributed by atoms with Crippen molar-refractivity contribution >= 4 is 5.70 Å². The van der Waals surface area contributed by atoms with Crippen molar-refractivity contribution in [3.8, 4) is 5.75 Å². The molecule has 1 aromatic rings. The summed E-state index contributed by atoms with van der Waals surface area (Å²) in [6.07, 6.45) is 0. The van der Waals surface area contributed by atoms with Gasteiger partial charge in [0.1, 0.15) is 11.4 Å². The lowest BCUT2D eigenvalue weighted by molar-refractivity contribution is 0.475. The van der Waals surface area contributed by atoms with Crippen LogP contribution in [0, 0.1) is 4.91 Å². The molecule has 0 aliphatic rings. The molecule has 1 N–H and O–H groups in total. The second kappa shape index (κ2) is 2.96. The van der Waals surface area contributed by atoms with Gasteiger partial charge in [0, 0.05) is 5.56 Å². The Morgan fingerprint density at radius 1 is 1.55 bits per heavy atom. The second-order valence-electron chi connectivity index (χ2n) is 2.09. The van der Waals surface area contributed by atoms with Crippen molar-refractivity contribution in [2.45, 2.75) is 0 Å². The molecule has 11 heavy (non-hydrogen) atoms. The van der Waals surface area contributed by atoms with Gasteiger partial charge in [0.2, 0.25) is 0 Å². The molecule has 3 nitrogen and oxygen atoms in total. The van der Waals surface area contributed by atoms with Gasteiger partial charge in [-0.1, -0.05) is 18.7 Å². The van der Waals surface area contributed by atoms with Crippen LogP contribution in [0.15, 0.2) is 36.0 Å². The SMILES string of the molecule is C=C(N=O)c1cccc(O)c1. The molecule has 0 amide bonds. The van der Waals surface area contributed by atoms with Crippen LogP contribution in [-0.4, -0.2) is 5.11 Å². The third-order valence-electron chi connectivity index (χ3n) is 1.29. The average molecular weight is 149 g/mol. The summed E-state index contributed by atoms with van der Waals surface area (Å²) in [6, 6.07) is 6.23. The monoisotopic (exact) mass is 149 g/mol. The van der Waals surface area contributed by atoms with Gasteiger partial charge in [-0.25, -0.2) is 0 Å². The molecule has 1 aromatic carbocycles. The van der Waals surface area contributed by atoms with Crippen LogP contribution < -0.4 is 0 Å². The molecule has 0 saturated heterocycles. The fraction of sp³-hybridized carbons (Fsp3) is 0. The first-order valence-electron chi connectivity index (χ1n) is 3.05. The van der Waals surface area contributed by atoms with Gasteiger partial charge in [-0.2, -0.15) is 0 Å². The van der Waals surface area contributed by atoms with Crippen molar-refractivity contribution in [1.29, 1.82) is 0 Å². The Balaban J connectivity index is 3.05. The Morgan fingerprint density at radius 2 is 2.27 bits per heavy atom. The van der Waals surface area contributed by atoms with Crippen molar-refractivity contribution in [1.82, 2.24) is 0 Å². The summed E-state index contributed by atoms with van der Waals surface area (Å²) in [7, 11) is 0. The number of hydrogen-bond donors (Lipinski definition) is 1. The number of nitrogens with zero attached hydrogens (tertiary/aromatic N) is 1. The number of phenolic OH excluding ortho intramolecular Hbond substituents is 1. The highest BCUT2D eigenvalue weighted by Crippen LogP contribution is 2.17. The van der Waals surface area contributed by atoms with E-state index >= 15 is 0 Å². The molecule has 0 unspecified atom stereocenters. The van der Waals surface area contributed by atoms with Crippen LogP contribution in [0.4, 0.5) is 0 Å². The number of nitroso groups, excluding NO2 is 1. The molecule has 0 heterocycles. The number of rotatable bonds is 2. The highest BCUT2D eigenvalue weighted by Gasteiger charge is 1.97. The maximum Gasteiger partial charge on any atom is 0.116 e. The minimum Gasteiger partial charge on any atom is -0.508 e. The van der Waals surface area contributed by atoms with Crippen molar-refractivity contribution < 1.29 is 5.11 Å². The van der Waals surface area contributed by atoms with E-state index in [1.165, 1.54) is 12.1 Å². The molecule has 56 valence electrons. The quantitative estimate of drug-likeness (QED) is 0.655. The molecule has 0 aromatic heterocycles. The Morgan fingerprint density at radius 3 is 2.82 bits per heavy atom. The second-order valence-corrected chi connectivity index (χ2v) is 2.09. The smallest absolute Gasteiger partial charge is 0.116 e. The predicted molar refractivity (Wildman–Crippen MR) is 42.9 cm³/mol. The highest BCUT2D eigenvalue weighted by atomic mass is 16.3. The van der Waals surface area contributed by atoms with Crippen molar-refractivity contribution in [2.24, 2.45) is 5.18 Å². The number of aromatic hydroxyl groups is 1. The molecule has 0 fully saturated rings. The van der Waals surface area contributed by atoms with Crippen molar-refractivity contribution in [3.05, 3.63) is 41.3 Å². The molecular formula is C8H7NO2. The van der Waals surface area contributed by atoms with Gasteiger partial charge in [0.05, 0.1) is 0 Å². The van der Waals surface area contributed by atoms with Gasteiger partial charge in [-0.3, -0.25) is 0 Å².